The molecular formula is C81H82BN3O. The van der Waals surface area contributed by atoms with E-state index in [0.717, 1.165) is 46.9 Å². The molecule has 2 fully saturated rings. The molecule has 4 nitrogen and oxygen atoms in total. The van der Waals surface area contributed by atoms with E-state index < -0.39 is 0 Å². The van der Waals surface area contributed by atoms with Crippen molar-refractivity contribution in [1.82, 2.24) is 0 Å². The Balaban J connectivity index is 1.09. The standard InChI is InChI=1S/C81H82BN3O/c1-76(2,3)49-29-33-54-58(42-49)55-34-35-62-75(72(55)60-47-59(54)60)84(64-36-30-50(77(4,5)6)41-57(64)48-23-16-15-17-24-48)69-46-53(85-65-37-31-51(78(7,8)9)43-61(65)80(13)39-20-21-40-81(80,85)14)45-68-74(69)82(62)63-44-52(79(10,11)12)32-38-66(63)83(68)67-26-22-28-71-73(67)56-25-18-19-27-70(56)86-71/h15-19,22-38,41-46,59-60H,20-21,39-40,47H2,1-14H3. The second-order valence-electron chi connectivity index (χ2n) is 31.2. The van der Waals surface area contributed by atoms with Gasteiger partial charge in [-0.3, -0.25) is 0 Å². The highest BCUT2D eigenvalue weighted by Crippen LogP contribution is 2.67. The molecule has 5 heteroatoms. The van der Waals surface area contributed by atoms with Crippen molar-refractivity contribution in [2.45, 2.75) is 173 Å². The maximum atomic E-state index is 6.85. The van der Waals surface area contributed by atoms with E-state index in [-0.39, 0.29) is 39.3 Å². The number of benzene rings is 9. The van der Waals surface area contributed by atoms with Crippen LogP contribution in [-0.4, -0.2) is 12.3 Å². The number of anilines is 8. The van der Waals surface area contributed by atoms with Crippen LogP contribution in [0, 0.1) is 0 Å². The van der Waals surface area contributed by atoms with Gasteiger partial charge in [-0.15, -0.1) is 0 Å². The zero-order valence-electron chi connectivity index (χ0n) is 53.2. The van der Waals surface area contributed by atoms with Crippen LogP contribution in [0.15, 0.2) is 174 Å². The van der Waals surface area contributed by atoms with Crippen molar-refractivity contribution in [1.29, 1.82) is 0 Å². The number of fused-ring (bicyclic) bond motifs is 17. The highest BCUT2D eigenvalue weighted by molar-refractivity contribution is 7.00. The first-order valence-electron chi connectivity index (χ1n) is 32.2. The van der Waals surface area contributed by atoms with Crippen molar-refractivity contribution in [3.63, 3.8) is 0 Å². The Hall–Kier alpha value is -7.76. The molecule has 1 aromatic heterocycles. The first kappa shape index (κ1) is 53.7. The first-order chi connectivity index (χ1) is 40.9. The summed E-state index contributed by atoms with van der Waals surface area (Å²) in [4.78, 5) is 8.37. The number of nitrogens with zero attached hydrogens (tertiary/aromatic N) is 3. The molecule has 0 saturated heterocycles. The third kappa shape index (κ3) is 7.61. The van der Waals surface area contributed by atoms with E-state index in [9.17, 15) is 0 Å². The second-order valence-corrected chi connectivity index (χ2v) is 31.2. The Kier molecular flexibility index (Phi) is 11.2. The SMILES string of the molecule is CC(C)(C)c1ccc2c(c1)B1c3ccc4c(c3N(c3ccc(C(C)(C)C)cc3-c3ccccc3)c3cc(N5c6ccc(C(C)(C)C)cc6C6(C)CCCCC56C)cc(c31)N2c1cccc2oc3ccccc3c12)C1CC1c1ccc(C(C)(C)C)cc1-4. The predicted octanol–water partition coefficient (Wildman–Crippen LogP) is 20.5. The lowest BCUT2D eigenvalue weighted by molar-refractivity contribution is 0.195. The van der Waals surface area contributed by atoms with Crippen LogP contribution in [0.4, 0.5) is 45.5 Å². The van der Waals surface area contributed by atoms with Gasteiger partial charge in [0, 0.05) is 50.5 Å². The molecule has 2 saturated carbocycles. The molecule has 86 heavy (non-hydrogen) atoms. The predicted molar refractivity (Wildman–Crippen MR) is 366 cm³/mol. The maximum Gasteiger partial charge on any atom is 0.252 e. The van der Waals surface area contributed by atoms with Crippen LogP contribution >= 0.6 is 0 Å². The number of furan rings is 1. The molecule has 4 unspecified atom stereocenters. The average molecular weight is 1120 g/mol. The summed E-state index contributed by atoms with van der Waals surface area (Å²) in [6.07, 6.45) is 5.83. The Bertz CT molecular complexity index is 4520. The largest absolute Gasteiger partial charge is 0.456 e. The van der Waals surface area contributed by atoms with Crippen molar-refractivity contribution < 1.29 is 4.42 Å². The van der Waals surface area contributed by atoms with E-state index in [0.29, 0.717) is 11.8 Å². The van der Waals surface area contributed by atoms with E-state index in [1.807, 2.05) is 0 Å². The monoisotopic (exact) mass is 1120 g/mol. The van der Waals surface area contributed by atoms with Crippen molar-refractivity contribution in [2.75, 3.05) is 14.7 Å². The molecule has 0 N–H and O–H groups in total. The van der Waals surface area contributed by atoms with Gasteiger partial charge in [0.05, 0.1) is 22.3 Å². The normalized spacial score (nSPS) is 20.9. The lowest BCUT2D eigenvalue weighted by Gasteiger charge is -2.51. The van der Waals surface area contributed by atoms with Gasteiger partial charge in [0.15, 0.2) is 0 Å². The van der Waals surface area contributed by atoms with Crippen molar-refractivity contribution in [3.8, 4) is 22.3 Å². The fourth-order valence-corrected chi connectivity index (χ4v) is 16.8. The van der Waals surface area contributed by atoms with Crippen LogP contribution in [0.1, 0.15) is 180 Å². The zero-order chi connectivity index (χ0) is 59.5. The van der Waals surface area contributed by atoms with Crippen molar-refractivity contribution in [3.05, 3.63) is 209 Å². The van der Waals surface area contributed by atoms with Gasteiger partial charge in [0.1, 0.15) is 11.2 Å². The Morgan fingerprint density at radius 2 is 1.07 bits per heavy atom. The summed E-state index contributed by atoms with van der Waals surface area (Å²) in [6, 6.07) is 67.3. The Labute approximate surface area is 511 Å². The Morgan fingerprint density at radius 1 is 0.465 bits per heavy atom. The van der Waals surface area contributed by atoms with E-state index in [1.54, 1.807) is 0 Å². The third-order valence-corrected chi connectivity index (χ3v) is 21.9. The third-order valence-electron chi connectivity index (χ3n) is 21.9. The quantitative estimate of drug-likeness (QED) is 0.164. The molecule has 430 valence electrons. The average Bonchev–Trinajstić information content (AvgIpc) is 1.19. The minimum Gasteiger partial charge on any atom is -0.456 e. The number of rotatable bonds is 4. The summed E-state index contributed by atoms with van der Waals surface area (Å²) in [6.45, 7) is 33.6. The van der Waals surface area contributed by atoms with Gasteiger partial charge in [0.25, 0.3) is 6.71 Å². The highest BCUT2D eigenvalue weighted by Gasteiger charge is 2.59. The van der Waals surface area contributed by atoms with Crippen molar-refractivity contribution in [2.24, 2.45) is 0 Å². The molecule has 3 aliphatic carbocycles. The molecule has 4 atom stereocenters. The van der Waals surface area contributed by atoms with E-state index in [1.165, 1.54) is 130 Å². The molecule has 3 aliphatic heterocycles. The van der Waals surface area contributed by atoms with Crippen molar-refractivity contribution >= 4 is 90.5 Å². The summed E-state index contributed by atoms with van der Waals surface area (Å²) in [5.74, 6) is 0.861. The Morgan fingerprint density at radius 3 is 1.79 bits per heavy atom. The summed E-state index contributed by atoms with van der Waals surface area (Å²) in [5, 5.41) is 2.27. The first-order valence-corrected chi connectivity index (χ1v) is 32.2. The van der Waals surface area contributed by atoms with Crippen LogP contribution in [-0.2, 0) is 27.1 Å². The number of hydrogen-bond donors (Lipinski definition) is 0. The van der Waals surface area contributed by atoms with Crippen LogP contribution in [0.25, 0.3) is 44.2 Å². The topological polar surface area (TPSA) is 22.9 Å². The molecule has 10 aromatic rings. The van der Waals surface area contributed by atoms with Crippen LogP contribution < -0.4 is 31.1 Å². The van der Waals surface area contributed by atoms with Gasteiger partial charge in [-0.2, -0.15) is 0 Å². The van der Waals surface area contributed by atoms with Gasteiger partial charge >= 0.3 is 0 Å². The fourth-order valence-electron chi connectivity index (χ4n) is 16.8. The van der Waals surface area contributed by atoms with Gasteiger partial charge in [-0.1, -0.05) is 218 Å². The summed E-state index contributed by atoms with van der Waals surface area (Å²) < 4.78 is 6.85. The molecule has 0 spiro atoms. The molecule has 0 radical (unpaired) electrons. The minimum absolute atomic E-state index is 0.00400. The number of para-hydroxylation sites is 1. The van der Waals surface area contributed by atoms with E-state index in [4.69, 9.17) is 4.42 Å². The fraction of sp³-hybridized carbons (Fsp3) is 0.333. The van der Waals surface area contributed by atoms with Gasteiger partial charge < -0.3 is 19.1 Å². The number of hydrogen-bond acceptors (Lipinski definition) is 4. The highest BCUT2D eigenvalue weighted by atomic mass is 16.3. The molecule has 6 aliphatic rings. The van der Waals surface area contributed by atoms with Crippen LogP contribution in [0.2, 0.25) is 0 Å². The molecule has 4 heterocycles. The van der Waals surface area contributed by atoms with Crippen LogP contribution in [0.3, 0.4) is 0 Å². The second kappa shape index (κ2) is 17.9. The summed E-state index contributed by atoms with van der Waals surface area (Å²) in [7, 11) is 0. The molecule has 16 rings (SSSR count). The van der Waals surface area contributed by atoms with Gasteiger partial charge in [-0.05, 0) is 186 Å². The van der Waals surface area contributed by atoms with E-state index in [2.05, 4.69) is 281 Å². The molecule has 9 aromatic carbocycles. The molecule has 0 bridgehead atoms. The smallest absolute Gasteiger partial charge is 0.252 e. The van der Waals surface area contributed by atoms with E-state index >= 15 is 0 Å². The maximum absolute atomic E-state index is 6.85. The molecular weight excluding hydrogens is 1040 g/mol. The van der Waals surface area contributed by atoms with Crippen LogP contribution in [0.5, 0.6) is 0 Å². The molecule has 0 amide bonds. The lowest BCUT2D eigenvalue weighted by atomic mass is 9.33. The summed E-state index contributed by atoms with van der Waals surface area (Å²) >= 11 is 0. The van der Waals surface area contributed by atoms with Gasteiger partial charge in [0.2, 0.25) is 0 Å². The zero-order valence-corrected chi connectivity index (χ0v) is 53.2. The lowest BCUT2D eigenvalue weighted by Crippen LogP contribution is -2.62. The minimum atomic E-state index is -0.208. The summed E-state index contributed by atoms with van der Waals surface area (Å²) in [5.41, 5.74) is 30.8. The van der Waals surface area contributed by atoms with Gasteiger partial charge in [-0.25, -0.2) is 0 Å².